The van der Waals surface area contributed by atoms with Crippen LogP contribution >= 0.6 is 0 Å². The van der Waals surface area contributed by atoms with Gasteiger partial charge in [0, 0.05) is 42.7 Å². The number of ether oxygens (including phenoxy) is 2. The molecule has 7 nitrogen and oxygen atoms in total. The third kappa shape index (κ3) is 7.79. The average Bonchev–Trinajstić information content (AvgIpc) is 3.35. The number of nitrogens with zero attached hydrogens (tertiary/aromatic N) is 1. The van der Waals surface area contributed by atoms with E-state index in [1.165, 1.54) is 0 Å². The summed E-state index contributed by atoms with van der Waals surface area (Å²) in [6.07, 6.45) is 4.08. The molecule has 2 amide bonds. The van der Waals surface area contributed by atoms with Crippen LogP contribution in [-0.2, 0) is 9.53 Å². The Morgan fingerprint density at radius 3 is 2.55 bits per heavy atom. The lowest BCUT2D eigenvalue weighted by Crippen LogP contribution is -2.32. The molecule has 1 unspecified atom stereocenters. The van der Waals surface area contributed by atoms with Crippen LogP contribution in [0.15, 0.2) is 48.5 Å². The van der Waals surface area contributed by atoms with Crippen molar-refractivity contribution in [2.24, 2.45) is 0 Å². The lowest BCUT2D eigenvalue weighted by Gasteiger charge is -2.21. The minimum atomic E-state index is -0.179. The van der Waals surface area contributed by atoms with Gasteiger partial charge < -0.3 is 25.0 Å². The molecule has 0 aromatic heterocycles. The molecule has 1 aliphatic heterocycles. The highest BCUT2D eigenvalue weighted by Crippen LogP contribution is 2.20. The van der Waals surface area contributed by atoms with Gasteiger partial charge in [0.25, 0.3) is 5.91 Å². The molecule has 1 heterocycles. The minimum Gasteiger partial charge on any atom is -0.491 e. The van der Waals surface area contributed by atoms with Crippen LogP contribution in [0.5, 0.6) is 5.75 Å². The van der Waals surface area contributed by atoms with E-state index < -0.39 is 0 Å². The van der Waals surface area contributed by atoms with Crippen molar-refractivity contribution in [3.63, 3.8) is 0 Å². The van der Waals surface area contributed by atoms with Gasteiger partial charge >= 0.3 is 0 Å². The zero-order chi connectivity index (χ0) is 23.5. The molecule has 33 heavy (non-hydrogen) atoms. The maximum absolute atomic E-state index is 12.8. The van der Waals surface area contributed by atoms with E-state index in [1.54, 1.807) is 6.07 Å². The zero-order valence-corrected chi connectivity index (χ0v) is 19.6. The highest BCUT2D eigenvalue weighted by atomic mass is 16.5. The second-order valence-corrected chi connectivity index (χ2v) is 8.25. The molecule has 2 N–H and O–H groups in total. The molecule has 1 saturated heterocycles. The SMILES string of the molecule is CCCN(CCC)C(=O)c1cccc(NCC(=O)Nc2cccc(OCC3CCCO3)c2)c1. The van der Waals surface area contributed by atoms with Gasteiger partial charge in [0.1, 0.15) is 12.4 Å². The molecular weight excluding hydrogens is 418 g/mol. The first-order chi connectivity index (χ1) is 16.1. The van der Waals surface area contributed by atoms with Gasteiger partial charge in [0.05, 0.1) is 12.6 Å². The second kappa shape index (κ2) is 12.8. The normalized spacial score (nSPS) is 15.2. The number of nitrogens with one attached hydrogen (secondary N) is 2. The van der Waals surface area contributed by atoms with Gasteiger partial charge in [-0.25, -0.2) is 0 Å². The molecule has 0 spiro atoms. The van der Waals surface area contributed by atoms with E-state index in [1.807, 2.05) is 47.4 Å². The largest absolute Gasteiger partial charge is 0.491 e. The summed E-state index contributed by atoms with van der Waals surface area (Å²) in [6.45, 7) is 7.02. The van der Waals surface area contributed by atoms with E-state index in [9.17, 15) is 9.59 Å². The van der Waals surface area contributed by atoms with E-state index in [0.29, 0.717) is 23.6 Å². The summed E-state index contributed by atoms with van der Waals surface area (Å²) >= 11 is 0. The molecule has 1 atom stereocenters. The maximum atomic E-state index is 12.8. The van der Waals surface area contributed by atoms with Crippen LogP contribution in [-0.4, -0.2) is 55.7 Å². The predicted octanol–water partition coefficient (Wildman–Crippen LogP) is 4.56. The van der Waals surface area contributed by atoms with Crippen molar-refractivity contribution in [1.82, 2.24) is 4.90 Å². The summed E-state index contributed by atoms with van der Waals surface area (Å²) < 4.78 is 11.4. The molecule has 3 rings (SSSR count). The predicted molar refractivity (Wildman–Crippen MR) is 131 cm³/mol. The maximum Gasteiger partial charge on any atom is 0.253 e. The molecule has 0 saturated carbocycles. The van der Waals surface area contributed by atoms with Gasteiger partial charge in [0.2, 0.25) is 5.91 Å². The van der Waals surface area contributed by atoms with Crippen molar-refractivity contribution < 1.29 is 19.1 Å². The first-order valence-electron chi connectivity index (χ1n) is 11.9. The Morgan fingerprint density at radius 1 is 1.06 bits per heavy atom. The molecule has 1 aliphatic rings. The van der Waals surface area contributed by atoms with Crippen LogP contribution in [0, 0.1) is 0 Å². The van der Waals surface area contributed by atoms with Gasteiger partial charge in [-0.1, -0.05) is 26.0 Å². The monoisotopic (exact) mass is 453 g/mol. The Kier molecular flexibility index (Phi) is 9.57. The molecule has 7 heteroatoms. The van der Waals surface area contributed by atoms with E-state index in [4.69, 9.17) is 9.47 Å². The van der Waals surface area contributed by atoms with Crippen LogP contribution in [0.1, 0.15) is 49.9 Å². The third-order valence-electron chi connectivity index (χ3n) is 5.41. The smallest absolute Gasteiger partial charge is 0.253 e. The molecule has 2 aromatic rings. The summed E-state index contributed by atoms with van der Waals surface area (Å²) in [6, 6.07) is 14.6. The van der Waals surface area contributed by atoms with Crippen LogP contribution in [0.3, 0.4) is 0 Å². The Hall–Kier alpha value is -3.06. The van der Waals surface area contributed by atoms with Crippen molar-refractivity contribution >= 4 is 23.2 Å². The number of amides is 2. The third-order valence-corrected chi connectivity index (χ3v) is 5.41. The molecule has 0 aliphatic carbocycles. The van der Waals surface area contributed by atoms with Gasteiger partial charge in [-0.2, -0.15) is 0 Å². The summed E-state index contributed by atoms with van der Waals surface area (Å²) in [4.78, 5) is 27.2. The van der Waals surface area contributed by atoms with Crippen LogP contribution in [0.2, 0.25) is 0 Å². The van der Waals surface area contributed by atoms with Gasteiger partial charge in [-0.3, -0.25) is 9.59 Å². The van der Waals surface area contributed by atoms with Gasteiger partial charge in [-0.15, -0.1) is 0 Å². The van der Waals surface area contributed by atoms with Crippen molar-refractivity contribution in [1.29, 1.82) is 0 Å². The second-order valence-electron chi connectivity index (χ2n) is 8.25. The summed E-state index contributed by atoms with van der Waals surface area (Å²) in [5, 5.41) is 5.99. The van der Waals surface area contributed by atoms with Crippen LogP contribution in [0.4, 0.5) is 11.4 Å². The van der Waals surface area contributed by atoms with Gasteiger partial charge in [0.15, 0.2) is 0 Å². The minimum absolute atomic E-state index is 0.0200. The quantitative estimate of drug-likeness (QED) is 0.493. The molecule has 1 fully saturated rings. The van der Waals surface area contributed by atoms with Crippen molar-refractivity contribution in [3.05, 3.63) is 54.1 Å². The molecule has 178 valence electrons. The number of rotatable bonds is 12. The summed E-state index contributed by atoms with van der Waals surface area (Å²) in [5.41, 5.74) is 2.03. The molecule has 0 radical (unpaired) electrons. The van der Waals surface area contributed by atoms with Crippen molar-refractivity contribution in [3.8, 4) is 5.75 Å². The lowest BCUT2D eigenvalue weighted by molar-refractivity contribution is -0.114. The zero-order valence-electron chi connectivity index (χ0n) is 19.6. The number of benzene rings is 2. The highest BCUT2D eigenvalue weighted by molar-refractivity contribution is 5.96. The van der Waals surface area contributed by atoms with Gasteiger partial charge in [-0.05, 0) is 56.0 Å². The number of hydrogen-bond acceptors (Lipinski definition) is 5. The first kappa shape index (κ1) is 24.6. The van der Waals surface area contributed by atoms with E-state index in [-0.39, 0.29) is 24.5 Å². The van der Waals surface area contributed by atoms with Crippen LogP contribution in [0.25, 0.3) is 0 Å². The van der Waals surface area contributed by atoms with E-state index in [0.717, 1.165) is 51.1 Å². The fourth-order valence-corrected chi connectivity index (χ4v) is 3.82. The lowest BCUT2D eigenvalue weighted by atomic mass is 10.1. The van der Waals surface area contributed by atoms with Crippen LogP contribution < -0.4 is 15.4 Å². The molecule has 0 bridgehead atoms. The van der Waals surface area contributed by atoms with E-state index >= 15 is 0 Å². The molecule has 2 aromatic carbocycles. The number of carbonyl (C=O) groups is 2. The Labute approximate surface area is 196 Å². The Bertz CT molecular complexity index is 906. The van der Waals surface area contributed by atoms with Crippen molar-refractivity contribution in [2.75, 3.05) is 43.5 Å². The van der Waals surface area contributed by atoms with Crippen molar-refractivity contribution in [2.45, 2.75) is 45.6 Å². The number of carbonyl (C=O) groups excluding carboxylic acids is 2. The fraction of sp³-hybridized carbons (Fsp3) is 0.462. The number of anilines is 2. The van der Waals surface area contributed by atoms with E-state index in [2.05, 4.69) is 24.5 Å². The Morgan fingerprint density at radius 2 is 1.82 bits per heavy atom. The average molecular weight is 454 g/mol. The standard InChI is InChI=1S/C26H35N3O4/c1-3-13-29(14-4-2)26(31)20-8-5-9-21(16-20)27-18-25(30)28-22-10-6-11-23(17-22)33-19-24-12-7-15-32-24/h5-6,8-11,16-17,24,27H,3-4,7,12-15,18-19H2,1-2H3,(H,28,30). The first-order valence-corrected chi connectivity index (χ1v) is 11.9. The highest BCUT2D eigenvalue weighted by Gasteiger charge is 2.16. The fourth-order valence-electron chi connectivity index (χ4n) is 3.82. The topological polar surface area (TPSA) is 79.9 Å². The summed E-state index contributed by atoms with van der Waals surface area (Å²) in [7, 11) is 0. The molecular formula is C26H35N3O4. The summed E-state index contributed by atoms with van der Waals surface area (Å²) in [5.74, 6) is 0.541. The number of hydrogen-bond donors (Lipinski definition) is 2. The Balaban J connectivity index is 1.51.